The van der Waals surface area contributed by atoms with Crippen LogP contribution in [-0.4, -0.2) is 33.0 Å². The molecule has 0 atom stereocenters. The van der Waals surface area contributed by atoms with Crippen molar-refractivity contribution >= 4 is 29.5 Å². The Morgan fingerprint density at radius 2 is 2.08 bits per heavy atom. The lowest BCUT2D eigenvalue weighted by Crippen LogP contribution is -2.32. The number of carbonyl (C=O) groups is 1. The summed E-state index contributed by atoms with van der Waals surface area (Å²) < 4.78 is 1.94. The first kappa shape index (κ1) is 16.6. The number of hydrogen-bond donors (Lipinski definition) is 1. The van der Waals surface area contributed by atoms with Gasteiger partial charge in [-0.2, -0.15) is 14.9 Å². The zero-order chi connectivity index (χ0) is 17.3. The summed E-state index contributed by atoms with van der Waals surface area (Å²) in [4.78, 5) is 14.7. The Balaban J connectivity index is 2.06. The number of hydrogen-bond acceptors (Lipinski definition) is 4. The molecule has 0 saturated heterocycles. The summed E-state index contributed by atoms with van der Waals surface area (Å²) in [6.45, 7) is 6.96. The van der Waals surface area contributed by atoms with Crippen molar-refractivity contribution < 1.29 is 4.79 Å². The molecule has 1 aliphatic heterocycles. The number of para-hydroxylation sites is 1. The summed E-state index contributed by atoms with van der Waals surface area (Å²) in [5.74, 6) is 1.15. The number of nitrogens with one attached hydrogen (secondary N) is 1. The zero-order valence-corrected chi connectivity index (χ0v) is 14.9. The van der Waals surface area contributed by atoms with Gasteiger partial charge in [-0.05, 0) is 30.6 Å². The van der Waals surface area contributed by atoms with E-state index in [1.54, 1.807) is 4.68 Å². The van der Waals surface area contributed by atoms with Crippen molar-refractivity contribution in [2.75, 3.05) is 11.4 Å². The second-order valence-corrected chi connectivity index (χ2v) is 6.60. The third kappa shape index (κ3) is 2.91. The van der Waals surface area contributed by atoms with E-state index >= 15 is 0 Å². The number of anilines is 1. The van der Waals surface area contributed by atoms with E-state index in [4.69, 9.17) is 12.2 Å². The monoisotopic (exact) mass is 343 g/mol. The molecule has 0 unspecified atom stereocenters. The fourth-order valence-electron chi connectivity index (χ4n) is 2.72. The second kappa shape index (κ2) is 6.68. The van der Waals surface area contributed by atoms with E-state index in [9.17, 15) is 4.79 Å². The first-order valence-corrected chi connectivity index (χ1v) is 8.60. The quantitative estimate of drug-likeness (QED) is 0.848. The fraction of sp³-hybridized carbons (Fsp3) is 0.412. The van der Waals surface area contributed by atoms with Crippen LogP contribution in [0.15, 0.2) is 29.4 Å². The summed E-state index contributed by atoms with van der Waals surface area (Å²) in [6, 6.07) is 7.75. The summed E-state index contributed by atoms with van der Waals surface area (Å²) in [5, 5.41) is 11.4. The summed E-state index contributed by atoms with van der Waals surface area (Å²) in [6.07, 6.45) is 1.62. The smallest absolute Gasteiger partial charge is 0.279 e. The third-order valence-corrected chi connectivity index (χ3v) is 4.33. The molecule has 2 heterocycles. The topological polar surface area (TPSA) is 66.3 Å². The van der Waals surface area contributed by atoms with Crippen LogP contribution in [-0.2, 0) is 11.2 Å². The van der Waals surface area contributed by atoms with Crippen molar-refractivity contribution in [2.45, 2.75) is 33.6 Å². The molecule has 1 amide bonds. The van der Waals surface area contributed by atoms with Gasteiger partial charge in [-0.1, -0.05) is 39.0 Å². The van der Waals surface area contributed by atoms with E-state index in [1.165, 1.54) is 0 Å². The molecule has 0 aliphatic carbocycles. The number of nitrogens with zero attached hydrogens (tertiary/aromatic N) is 4. The molecule has 6 nitrogen and oxygen atoms in total. The van der Waals surface area contributed by atoms with E-state index in [0.29, 0.717) is 35.2 Å². The lowest BCUT2D eigenvalue weighted by Gasteiger charge is -2.17. The molecule has 0 saturated carbocycles. The Labute approximate surface area is 146 Å². The highest BCUT2D eigenvalue weighted by Gasteiger charge is 2.34. The Hall–Kier alpha value is -2.28. The molecule has 3 rings (SSSR count). The Bertz CT molecular complexity index is 849. The van der Waals surface area contributed by atoms with Gasteiger partial charge in [-0.3, -0.25) is 9.89 Å². The number of benzene rings is 1. The lowest BCUT2D eigenvalue weighted by atomic mass is 10.1. The molecular weight excluding hydrogens is 322 g/mol. The van der Waals surface area contributed by atoms with Crippen LogP contribution in [0.2, 0.25) is 0 Å². The molecule has 1 N–H and O–H groups in total. The molecule has 0 spiro atoms. The van der Waals surface area contributed by atoms with Gasteiger partial charge in [0.25, 0.3) is 5.91 Å². The summed E-state index contributed by atoms with van der Waals surface area (Å²) in [5.41, 5.74) is 2.17. The van der Waals surface area contributed by atoms with Crippen molar-refractivity contribution in [3.63, 3.8) is 0 Å². The molecule has 1 aliphatic rings. The van der Waals surface area contributed by atoms with Gasteiger partial charge < -0.3 is 4.90 Å². The van der Waals surface area contributed by atoms with Gasteiger partial charge in [-0.15, -0.1) is 0 Å². The number of amides is 1. The first-order valence-electron chi connectivity index (χ1n) is 8.19. The van der Waals surface area contributed by atoms with Crippen molar-refractivity contribution in [3.05, 3.63) is 40.4 Å². The Kier molecular flexibility index (Phi) is 4.62. The van der Waals surface area contributed by atoms with Crippen LogP contribution in [0.4, 0.5) is 5.69 Å². The SMILES string of the molecule is CCc1n[nH]c(=S)n1N=C1C(=O)N(CCC(C)C)c2ccccc21. The molecule has 1 aromatic heterocycles. The maximum Gasteiger partial charge on any atom is 0.279 e. The average Bonchev–Trinajstić information content (AvgIpc) is 3.05. The number of rotatable bonds is 5. The number of carbonyl (C=O) groups excluding carboxylic acids is 1. The first-order chi connectivity index (χ1) is 11.5. The predicted molar refractivity (Wildman–Crippen MR) is 97.0 cm³/mol. The van der Waals surface area contributed by atoms with Crippen molar-refractivity contribution in [2.24, 2.45) is 11.0 Å². The van der Waals surface area contributed by atoms with Gasteiger partial charge in [0.1, 0.15) is 0 Å². The Morgan fingerprint density at radius 1 is 1.33 bits per heavy atom. The van der Waals surface area contributed by atoms with Gasteiger partial charge in [0.2, 0.25) is 4.77 Å². The van der Waals surface area contributed by atoms with Crippen LogP contribution in [0.1, 0.15) is 38.6 Å². The number of aromatic amines is 1. The van der Waals surface area contributed by atoms with E-state index < -0.39 is 0 Å². The van der Waals surface area contributed by atoms with Gasteiger partial charge in [0.05, 0.1) is 5.69 Å². The van der Waals surface area contributed by atoms with Crippen LogP contribution in [0.5, 0.6) is 0 Å². The maximum absolute atomic E-state index is 12.9. The highest BCUT2D eigenvalue weighted by atomic mass is 32.1. The van der Waals surface area contributed by atoms with E-state index in [1.807, 2.05) is 36.1 Å². The normalized spacial score (nSPS) is 15.6. The van der Waals surface area contributed by atoms with Gasteiger partial charge >= 0.3 is 0 Å². The van der Waals surface area contributed by atoms with Crippen LogP contribution >= 0.6 is 12.2 Å². The average molecular weight is 343 g/mol. The molecule has 1 aromatic carbocycles. The third-order valence-electron chi connectivity index (χ3n) is 4.06. The number of aryl methyl sites for hydroxylation is 1. The molecule has 126 valence electrons. The second-order valence-electron chi connectivity index (χ2n) is 6.22. The van der Waals surface area contributed by atoms with E-state index in [2.05, 4.69) is 29.1 Å². The molecule has 7 heteroatoms. The number of H-pyrrole nitrogens is 1. The van der Waals surface area contributed by atoms with Gasteiger partial charge in [0.15, 0.2) is 11.5 Å². The van der Waals surface area contributed by atoms with Crippen molar-refractivity contribution in [3.8, 4) is 0 Å². The standard InChI is InChI=1S/C17H21N5OS/c1-4-14-18-19-17(24)22(14)20-15-12-7-5-6-8-13(12)21(16(15)23)10-9-11(2)3/h5-8,11H,4,9-10H2,1-3H3,(H,19,24). The molecule has 2 aromatic rings. The number of fused-ring (bicyclic) bond motifs is 1. The van der Waals surface area contributed by atoms with Crippen molar-refractivity contribution in [1.29, 1.82) is 0 Å². The molecule has 24 heavy (non-hydrogen) atoms. The molecule has 0 bridgehead atoms. The minimum absolute atomic E-state index is 0.0815. The maximum atomic E-state index is 12.9. The van der Waals surface area contributed by atoms with Crippen LogP contribution < -0.4 is 4.90 Å². The van der Waals surface area contributed by atoms with E-state index in [-0.39, 0.29) is 5.91 Å². The molecule has 0 fully saturated rings. The van der Waals surface area contributed by atoms with Crippen LogP contribution in [0.3, 0.4) is 0 Å². The minimum Gasteiger partial charge on any atom is -0.306 e. The highest BCUT2D eigenvalue weighted by Crippen LogP contribution is 2.30. The number of aromatic nitrogens is 3. The highest BCUT2D eigenvalue weighted by molar-refractivity contribution is 7.71. The molecular formula is C17H21N5OS. The predicted octanol–water partition coefficient (Wildman–Crippen LogP) is 3.15. The van der Waals surface area contributed by atoms with Crippen LogP contribution in [0, 0.1) is 10.7 Å². The van der Waals surface area contributed by atoms with Crippen LogP contribution in [0.25, 0.3) is 0 Å². The lowest BCUT2D eigenvalue weighted by molar-refractivity contribution is -0.112. The summed E-state index contributed by atoms with van der Waals surface area (Å²) >= 11 is 5.24. The van der Waals surface area contributed by atoms with Gasteiger partial charge in [0, 0.05) is 18.5 Å². The minimum atomic E-state index is -0.0815. The summed E-state index contributed by atoms with van der Waals surface area (Å²) in [7, 11) is 0. The Morgan fingerprint density at radius 3 is 2.79 bits per heavy atom. The molecule has 0 radical (unpaired) electrons. The van der Waals surface area contributed by atoms with Crippen molar-refractivity contribution in [1.82, 2.24) is 14.9 Å². The fourth-order valence-corrected chi connectivity index (χ4v) is 2.92. The van der Waals surface area contributed by atoms with E-state index in [0.717, 1.165) is 17.7 Å². The zero-order valence-electron chi connectivity index (χ0n) is 14.1. The largest absolute Gasteiger partial charge is 0.306 e. The van der Waals surface area contributed by atoms with Gasteiger partial charge in [-0.25, -0.2) is 0 Å².